The van der Waals surface area contributed by atoms with Crippen LogP contribution in [0.5, 0.6) is 0 Å². The standard InChI is InChI=1S/C8H20O2Si.2CHNO/c1-3-5-7-9-11-10-8-6-4-2;2*2-1-3/h3-8,11H2,1-2H3;2*2H. The molecule has 0 amide bonds. The summed E-state index contributed by atoms with van der Waals surface area (Å²) in [4.78, 5) is 16.7. The number of hydrogen-bond acceptors (Lipinski definition) is 6. The van der Waals surface area contributed by atoms with Crippen LogP contribution in [0.1, 0.15) is 39.5 Å². The molecule has 17 heavy (non-hydrogen) atoms. The van der Waals surface area contributed by atoms with Gasteiger partial charge in [0.25, 0.3) is 0 Å². The third-order valence-electron chi connectivity index (χ3n) is 1.45. The van der Waals surface area contributed by atoms with E-state index < -0.39 is 10.0 Å². The average molecular weight is 262 g/mol. The van der Waals surface area contributed by atoms with Gasteiger partial charge in [0, 0.05) is 13.2 Å². The molecule has 0 aliphatic rings. The summed E-state index contributed by atoms with van der Waals surface area (Å²) >= 11 is 0. The van der Waals surface area contributed by atoms with Crippen LogP contribution in [-0.2, 0) is 18.4 Å². The van der Waals surface area contributed by atoms with Crippen molar-refractivity contribution in [2.24, 2.45) is 0 Å². The lowest BCUT2D eigenvalue weighted by Gasteiger charge is -2.03. The van der Waals surface area contributed by atoms with Crippen LogP contribution in [-0.4, -0.2) is 35.4 Å². The quantitative estimate of drug-likeness (QED) is 0.299. The van der Waals surface area contributed by atoms with E-state index in [0.29, 0.717) is 0 Å². The van der Waals surface area contributed by atoms with Crippen molar-refractivity contribution in [3.8, 4) is 0 Å². The van der Waals surface area contributed by atoms with Crippen LogP contribution < -0.4 is 0 Å². The topological polar surface area (TPSA) is 100 Å². The molecule has 0 aromatic heterocycles. The van der Waals surface area contributed by atoms with Crippen LogP contribution in [0.25, 0.3) is 0 Å². The number of carbonyl (C=O) groups excluding carboxylic acids is 2. The summed E-state index contributed by atoms with van der Waals surface area (Å²) < 4.78 is 10.7. The van der Waals surface area contributed by atoms with Gasteiger partial charge in [0.1, 0.15) is 0 Å². The Labute approximate surface area is 105 Å². The predicted molar refractivity (Wildman–Crippen MR) is 67.1 cm³/mol. The smallest absolute Gasteiger partial charge is 0.304 e. The van der Waals surface area contributed by atoms with Crippen molar-refractivity contribution >= 4 is 22.2 Å². The molecule has 0 bridgehead atoms. The second-order valence-corrected chi connectivity index (χ2v) is 3.90. The van der Waals surface area contributed by atoms with E-state index in [0.717, 1.165) is 25.4 Å². The Morgan fingerprint density at radius 1 is 0.941 bits per heavy atom. The van der Waals surface area contributed by atoms with Gasteiger partial charge in [-0.05, 0) is 12.8 Å². The van der Waals surface area contributed by atoms with Crippen LogP contribution in [0.3, 0.4) is 0 Å². The zero-order valence-corrected chi connectivity index (χ0v) is 12.0. The molecule has 0 radical (unpaired) electrons. The predicted octanol–water partition coefficient (Wildman–Crippen LogP) is 1.42. The minimum absolute atomic E-state index is 0.629. The van der Waals surface area contributed by atoms with Crippen molar-refractivity contribution in [2.75, 3.05) is 13.2 Å². The maximum atomic E-state index is 8.35. The van der Waals surface area contributed by atoms with E-state index >= 15 is 0 Å². The van der Waals surface area contributed by atoms with Gasteiger partial charge in [0.05, 0.1) is 0 Å². The third kappa shape index (κ3) is 52.1. The van der Waals surface area contributed by atoms with Crippen molar-refractivity contribution in [3.05, 3.63) is 0 Å². The highest BCUT2D eigenvalue weighted by molar-refractivity contribution is 6.17. The fourth-order valence-corrected chi connectivity index (χ4v) is 1.43. The minimum atomic E-state index is -0.629. The van der Waals surface area contributed by atoms with Crippen LogP contribution in [0.4, 0.5) is 0 Å². The second-order valence-electron chi connectivity index (χ2n) is 2.85. The summed E-state index contributed by atoms with van der Waals surface area (Å²) in [5, 5.41) is 10.8. The highest BCUT2D eigenvalue weighted by Gasteiger charge is 1.88. The molecule has 2 N–H and O–H groups in total. The molecule has 0 saturated heterocycles. The summed E-state index contributed by atoms with van der Waals surface area (Å²) in [7, 11) is -0.629. The maximum Gasteiger partial charge on any atom is 0.304 e. The van der Waals surface area contributed by atoms with Gasteiger partial charge in [-0.25, -0.2) is 20.4 Å². The van der Waals surface area contributed by atoms with Gasteiger partial charge in [-0.1, -0.05) is 26.7 Å². The van der Waals surface area contributed by atoms with E-state index in [1.165, 1.54) is 25.7 Å². The molecule has 0 rings (SSSR count). The van der Waals surface area contributed by atoms with Crippen LogP contribution >= 0.6 is 0 Å². The zero-order chi connectivity index (χ0) is 13.8. The first-order valence-corrected chi connectivity index (χ1v) is 6.63. The van der Waals surface area contributed by atoms with Crippen LogP contribution in [0, 0.1) is 10.8 Å². The largest absolute Gasteiger partial charge is 0.399 e. The number of hydrogen-bond donors (Lipinski definition) is 2. The van der Waals surface area contributed by atoms with Crippen molar-refractivity contribution in [1.29, 1.82) is 10.8 Å². The van der Waals surface area contributed by atoms with E-state index in [-0.39, 0.29) is 0 Å². The molecule has 0 fully saturated rings. The van der Waals surface area contributed by atoms with E-state index in [4.69, 9.17) is 29.3 Å². The van der Waals surface area contributed by atoms with Gasteiger partial charge in [0.15, 0.2) is 0 Å². The molecule has 6 nitrogen and oxygen atoms in total. The summed E-state index contributed by atoms with van der Waals surface area (Å²) in [5.41, 5.74) is 0. The SMILES string of the molecule is CCCCO[SiH2]OCCCC.N=C=O.N=C=O. The molecule has 0 spiro atoms. The molecule has 0 aromatic carbocycles. The first-order valence-electron chi connectivity index (χ1n) is 5.48. The lowest BCUT2D eigenvalue weighted by atomic mass is 10.4. The van der Waals surface area contributed by atoms with Gasteiger partial charge < -0.3 is 8.85 Å². The highest BCUT2D eigenvalue weighted by Crippen LogP contribution is 1.89. The fourth-order valence-electron chi connectivity index (χ4n) is 0.670. The normalized spacial score (nSPS) is 7.65. The Morgan fingerprint density at radius 3 is 1.47 bits per heavy atom. The number of nitrogens with one attached hydrogen (secondary N) is 2. The summed E-state index contributed by atoms with van der Waals surface area (Å²) in [6.45, 7) is 6.13. The average Bonchev–Trinajstić information content (AvgIpc) is 2.30. The van der Waals surface area contributed by atoms with E-state index in [1.54, 1.807) is 0 Å². The van der Waals surface area contributed by atoms with Gasteiger partial charge >= 0.3 is 10.0 Å². The Balaban J connectivity index is -0.000000273. The van der Waals surface area contributed by atoms with Crippen molar-refractivity contribution < 1.29 is 18.4 Å². The molecule has 7 heteroatoms. The molecule has 100 valence electrons. The van der Waals surface area contributed by atoms with Crippen molar-refractivity contribution in [2.45, 2.75) is 39.5 Å². The van der Waals surface area contributed by atoms with Gasteiger partial charge in [-0.15, -0.1) is 0 Å². The van der Waals surface area contributed by atoms with Gasteiger partial charge in [-0.2, -0.15) is 0 Å². The van der Waals surface area contributed by atoms with Crippen molar-refractivity contribution in [1.82, 2.24) is 0 Å². The fraction of sp³-hybridized carbons (Fsp3) is 0.800. The monoisotopic (exact) mass is 262 g/mol. The summed E-state index contributed by atoms with van der Waals surface area (Å²) in [5.74, 6) is 0. The Bertz CT molecular complexity index is 171. The minimum Gasteiger partial charge on any atom is -0.399 e. The highest BCUT2D eigenvalue weighted by atomic mass is 28.3. The first kappa shape index (κ1) is 21.2. The van der Waals surface area contributed by atoms with Gasteiger partial charge in [-0.3, -0.25) is 0 Å². The Kier molecular flexibility index (Phi) is 36.6. The Morgan fingerprint density at radius 2 is 1.24 bits per heavy atom. The first-order chi connectivity index (χ1) is 8.24. The zero-order valence-electron chi connectivity index (χ0n) is 10.6. The molecule has 0 aliphatic heterocycles. The molecular formula is C10H22N2O4Si. The Hall–Kier alpha value is -1.10. The van der Waals surface area contributed by atoms with Gasteiger partial charge in [0.2, 0.25) is 12.2 Å². The molecule has 0 aliphatic carbocycles. The molecule has 0 atom stereocenters. The maximum absolute atomic E-state index is 8.35. The lowest BCUT2D eigenvalue weighted by Crippen LogP contribution is -2.06. The lowest BCUT2D eigenvalue weighted by molar-refractivity contribution is 0.216. The van der Waals surface area contributed by atoms with Crippen molar-refractivity contribution in [3.63, 3.8) is 0 Å². The van der Waals surface area contributed by atoms with E-state index in [9.17, 15) is 0 Å². The summed E-state index contributed by atoms with van der Waals surface area (Å²) in [6.07, 6.45) is 6.26. The molecule has 0 aromatic rings. The molecule has 0 heterocycles. The number of rotatable bonds is 8. The number of unbranched alkanes of at least 4 members (excludes halogenated alkanes) is 2. The molecule has 0 unspecified atom stereocenters. The number of isocyanates is 2. The third-order valence-corrected chi connectivity index (χ3v) is 2.36. The van der Waals surface area contributed by atoms with E-state index in [1.807, 2.05) is 0 Å². The molecule has 0 saturated carbocycles. The molecular weight excluding hydrogens is 240 g/mol. The van der Waals surface area contributed by atoms with E-state index in [2.05, 4.69) is 13.8 Å². The van der Waals surface area contributed by atoms with Crippen LogP contribution in [0.15, 0.2) is 0 Å². The second kappa shape index (κ2) is 29.4. The van der Waals surface area contributed by atoms with Crippen LogP contribution in [0.2, 0.25) is 0 Å². The summed E-state index contributed by atoms with van der Waals surface area (Å²) in [6, 6.07) is 0.